The fourth-order valence-corrected chi connectivity index (χ4v) is 7.57. The number of nitrogen functional groups attached to an aromatic ring is 1. The Bertz CT molecular complexity index is 688. The quantitative estimate of drug-likeness (QED) is 0.675. The van der Waals surface area contributed by atoms with E-state index < -0.39 is 18.4 Å². The molecule has 0 aliphatic carbocycles. The van der Waals surface area contributed by atoms with Gasteiger partial charge in [0.25, 0.3) is 0 Å². The van der Waals surface area contributed by atoms with Gasteiger partial charge in [-0.15, -0.1) is 0 Å². The van der Waals surface area contributed by atoms with Crippen LogP contribution in [0, 0.1) is 5.82 Å². The summed E-state index contributed by atoms with van der Waals surface area (Å²) in [4.78, 5) is 11.0. The molecule has 22 heavy (non-hydrogen) atoms. The van der Waals surface area contributed by atoms with Crippen molar-refractivity contribution in [3.8, 4) is 5.75 Å². The van der Waals surface area contributed by atoms with Crippen LogP contribution in [-0.2, 0) is 0 Å². The Morgan fingerprint density at radius 2 is 1.95 bits per heavy atom. The van der Waals surface area contributed by atoms with E-state index in [1.54, 1.807) is 18.3 Å². The van der Waals surface area contributed by atoms with Crippen LogP contribution < -0.4 is 14.0 Å². The average Bonchev–Trinajstić information content (AvgIpc) is 2.41. The second-order valence-corrected chi connectivity index (χ2v) is 21.6. The van der Waals surface area contributed by atoms with Crippen molar-refractivity contribution in [1.29, 1.82) is 0 Å². The monoisotopic (exact) mass is 474 g/mol. The van der Waals surface area contributed by atoms with Crippen LogP contribution in [0.4, 0.5) is 10.2 Å². The van der Waals surface area contributed by atoms with Crippen LogP contribution in [0.3, 0.4) is 0 Å². The van der Waals surface area contributed by atoms with Gasteiger partial charge in [0, 0.05) is 0 Å². The van der Waals surface area contributed by atoms with Gasteiger partial charge in [-0.2, -0.15) is 0 Å². The Hall–Kier alpha value is -0.821. The number of ether oxygens (including phenoxy) is 1. The summed E-state index contributed by atoms with van der Waals surface area (Å²) >= 11 is 0.977. The molecule has 0 fully saturated rings. The normalized spacial score (nSPS) is 13.0. The van der Waals surface area contributed by atoms with Crippen molar-refractivity contribution in [3.63, 3.8) is 0 Å². The van der Waals surface area contributed by atoms with Crippen molar-refractivity contribution in [3.05, 3.63) is 46.3 Å². The van der Waals surface area contributed by atoms with Gasteiger partial charge in [-0.1, -0.05) is 0 Å². The number of benzene rings is 1. The molecule has 3 nitrogen and oxygen atoms in total. The molecule has 2 N–H and O–H groups in total. The van der Waals surface area contributed by atoms with Crippen LogP contribution >= 0.6 is 15.9 Å². The van der Waals surface area contributed by atoms with E-state index in [2.05, 4.69) is 35.7 Å². The number of hydrogen-bond donors (Lipinski definition) is 1. The van der Waals surface area contributed by atoms with Crippen molar-refractivity contribution in [2.75, 3.05) is 5.73 Å². The van der Waals surface area contributed by atoms with Crippen LogP contribution in [0.25, 0.3) is 0 Å². The number of nitrogens with two attached hydrogens (primary N) is 1. The SMILES string of the molecule is CC(Oc1cc(Br)cnc1N)c1cc(F)cc[c]1[Sn]([CH3])([CH3])[CH3]. The number of aromatic nitrogens is 1. The first-order chi connectivity index (χ1) is 10.2. The Kier molecular flexibility index (Phi) is 5.37. The first-order valence-electron chi connectivity index (χ1n) is 7.06. The fraction of sp³-hybridized carbons (Fsp3) is 0.312. The van der Waals surface area contributed by atoms with Gasteiger partial charge >= 0.3 is 143 Å². The molecule has 6 heteroatoms. The minimum absolute atomic E-state index is 0.245. The molecule has 2 rings (SSSR count). The first kappa shape index (κ1) is 17.5. The molecule has 0 saturated carbocycles. The van der Waals surface area contributed by atoms with Crippen LogP contribution in [-0.4, -0.2) is 23.4 Å². The third-order valence-electron chi connectivity index (χ3n) is 3.41. The summed E-state index contributed by atoms with van der Waals surface area (Å²) in [5.41, 5.74) is 6.76. The number of pyridine rings is 1. The first-order valence-corrected chi connectivity index (χ1v) is 17.8. The molecule has 0 bridgehead atoms. The van der Waals surface area contributed by atoms with Crippen LogP contribution in [0.15, 0.2) is 34.9 Å². The number of nitrogens with zero attached hydrogens (tertiary/aromatic N) is 1. The van der Waals surface area contributed by atoms with Gasteiger partial charge in [-0.05, 0) is 0 Å². The van der Waals surface area contributed by atoms with Crippen molar-refractivity contribution in [2.45, 2.75) is 27.8 Å². The molecular weight excluding hydrogens is 454 g/mol. The molecule has 0 aliphatic heterocycles. The third kappa shape index (κ3) is 4.13. The predicted octanol–water partition coefficient (Wildman–Crippen LogP) is 4.25. The summed E-state index contributed by atoms with van der Waals surface area (Å²) in [5, 5.41) is 0. The summed E-state index contributed by atoms with van der Waals surface area (Å²) < 4.78 is 21.7. The summed E-state index contributed by atoms with van der Waals surface area (Å²) in [6, 6.07) is 6.79. The molecule has 0 aliphatic rings. The summed E-state index contributed by atoms with van der Waals surface area (Å²) in [7, 11) is 0. The van der Waals surface area contributed by atoms with Crippen LogP contribution in [0.5, 0.6) is 5.75 Å². The van der Waals surface area contributed by atoms with Gasteiger partial charge in [-0.25, -0.2) is 0 Å². The fourth-order valence-electron chi connectivity index (χ4n) is 2.33. The number of anilines is 1. The van der Waals surface area contributed by atoms with E-state index in [1.165, 1.54) is 9.65 Å². The van der Waals surface area contributed by atoms with E-state index in [1.807, 2.05) is 13.0 Å². The van der Waals surface area contributed by atoms with Gasteiger partial charge in [0.1, 0.15) is 0 Å². The second kappa shape index (κ2) is 6.74. The van der Waals surface area contributed by atoms with Crippen molar-refractivity contribution < 1.29 is 9.13 Å². The van der Waals surface area contributed by atoms with E-state index in [9.17, 15) is 4.39 Å². The minimum atomic E-state index is -2.38. The maximum absolute atomic E-state index is 13.7. The molecule has 118 valence electrons. The third-order valence-corrected chi connectivity index (χ3v) is 9.76. The summed E-state index contributed by atoms with van der Waals surface area (Å²) in [5.74, 6) is 0.582. The Balaban J connectivity index is 2.39. The van der Waals surface area contributed by atoms with Gasteiger partial charge in [0.15, 0.2) is 0 Å². The van der Waals surface area contributed by atoms with Crippen molar-refractivity contribution in [2.24, 2.45) is 0 Å². The number of hydrogen-bond acceptors (Lipinski definition) is 3. The molecule has 2 aromatic rings. The van der Waals surface area contributed by atoms with Crippen LogP contribution in [0.2, 0.25) is 14.8 Å². The van der Waals surface area contributed by atoms with Crippen molar-refractivity contribution >= 4 is 43.7 Å². The van der Waals surface area contributed by atoms with E-state index in [-0.39, 0.29) is 11.9 Å². The molecule has 0 amide bonds. The second-order valence-electron chi connectivity index (χ2n) is 6.28. The molecule has 0 saturated heterocycles. The van der Waals surface area contributed by atoms with E-state index in [0.717, 1.165) is 10.0 Å². The van der Waals surface area contributed by atoms with Gasteiger partial charge in [0.05, 0.1) is 0 Å². The maximum atomic E-state index is 13.7. The van der Waals surface area contributed by atoms with Crippen LogP contribution in [0.1, 0.15) is 18.6 Å². The van der Waals surface area contributed by atoms with E-state index in [0.29, 0.717) is 11.6 Å². The Morgan fingerprint density at radius 1 is 1.27 bits per heavy atom. The summed E-state index contributed by atoms with van der Waals surface area (Å²) in [6.07, 6.45) is 1.33. The van der Waals surface area contributed by atoms with Gasteiger partial charge < -0.3 is 0 Å². The van der Waals surface area contributed by atoms with E-state index in [4.69, 9.17) is 10.5 Å². The predicted molar refractivity (Wildman–Crippen MR) is 94.8 cm³/mol. The molecule has 1 atom stereocenters. The van der Waals surface area contributed by atoms with Gasteiger partial charge in [0.2, 0.25) is 0 Å². The molecule has 0 spiro atoms. The number of rotatable bonds is 4. The van der Waals surface area contributed by atoms with Gasteiger partial charge in [-0.3, -0.25) is 0 Å². The molecule has 0 radical (unpaired) electrons. The zero-order valence-electron chi connectivity index (χ0n) is 13.2. The topological polar surface area (TPSA) is 48.1 Å². The number of halogens is 2. The van der Waals surface area contributed by atoms with E-state index >= 15 is 0 Å². The summed E-state index contributed by atoms with van der Waals surface area (Å²) in [6.45, 7) is 1.91. The molecular formula is C16H20BrFN2OSn. The average molecular weight is 474 g/mol. The Morgan fingerprint density at radius 3 is 2.59 bits per heavy atom. The molecule has 1 unspecified atom stereocenters. The standard InChI is InChI=1S/C13H11BrFN2O.3CH3.Sn/c1-8(9-3-2-4-11(15)5-9)18-12-6-10(14)7-17-13(12)16;;;;/h2,4-8H,1H3,(H2,16,17);3*1H3;. The Labute approximate surface area is 143 Å². The molecule has 1 aromatic heterocycles. The zero-order valence-corrected chi connectivity index (χ0v) is 17.6. The zero-order chi connectivity index (χ0) is 16.5. The molecule has 1 aromatic carbocycles. The van der Waals surface area contributed by atoms with Crippen molar-refractivity contribution in [1.82, 2.24) is 4.98 Å². The molecule has 1 heterocycles.